The number of aryl methyl sites for hydroxylation is 1. The molecule has 0 saturated heterocycles. The van der Waals surface area contributed by atoms with Crippen LogP contribution in [0.1, 0.15) is 102 Å². The average molecular weight is 362 g/mol. The highest BCUT2D eigenvalue weighted by Gasteiger charge is 2.11. The molecule has 3 nitrogen and oxygen atoms in total. The van der Waals surface area contributed by atoms with Gasteiger partial charge >= 0.3 is 6.09 Å². The summed E-state index contributed by atoms with van der Waals surface area (Å²) in [5.74, 6) is 0.662. The first-order chi connectivity index (χ1) is 12.7. The maximum Gasteiger partial charge on any atom is 0.409 e. The van der Waals surface area contributed by atoms with Crippen LogP contribution in [0.15, 0.2) is 18.2 Å². The Morgan fingerprint density at radius 2 is 1.35 bits per heavy atom. The number of carbonyl (C=O) groups excluding carboxylic acids is 1. The van der Waals surface area contributed by atoms with Crippen LogP contribution in [-0.4, -0.2) is 6.09 Å². The lowest BCUT2D eigenvalue weighted by atomic mass is 9.95. The smallest absolute Gasteiger partial charge is 0.409 e. The molecule has 1 aromatic carbocycles. The molecule has 26 heavy (non-hydrogen) atoms. The van der Waals surface area contributed by atoms with Gasteiger partial charge in [0, 0.05) is 0 Å². The number of benzene rings is 1. The van der Waals surface area contributed by atoms with Gasteiger partial charge in [-0.05, 0) is 42.9 Å². The van der Waals surface area contributed by atoms with Gasteiger partial charge in [0.2, 0.25) is 0 Å². The Morgan fingerprint density at radius 3 is 1.92 bits per heavy atom. The van der Waals surface area contributed by atoms with Crippen LogP contribution in [0.5, 0.6) is 5.75 Å². The van der Waals surface area contributed by atoms with Crippen LogP contribution in [0, 0.1) is 0 Å². The predicted molar refractivity (Wildman–Crippen MR) is 111 cm³/mol. The van der Waals surface area contributed by atoms with Crippen LogP contribution in [0.25, 0.3) is 0 Å². The summed E-state index contributed by atoms with van der Waals surface area (Å²) in [5, 5.41) is 0. The molecule has 0 heterocycles. The van der Waals surface area contributed by atoms with E-state index in [1.165, 1.54) is 81.8 Å². The molecule has 0 aliphatic heterocycles. The summed E-state index contributed by atoms with van der Waals surface area (Å²) in [6.07, 6.45) is 16.7. The molecular weight excluding hydrogens is 322 g/mol. The van der Waals surface area contributed by atoms with Crippen LogP contribution in [0.3, 0.4) is 0 Å². The first-order valence-electron chi connectivity index (χ1n) is 10.8. The van der Waals surface area contributed by atoms with Gasteiger partial charge in [-0.15, -0.1) is 0 Å². The average Bonchev–Trinajstić information content (AvgIpc) is 2.62. The highest BCUT2D eigenvalue weighted by molar-refractivity contribution is 5.68. The van der Waals surface area contributed by atoms with Crippen LogP contribution in [0.2, 0.25) is 0 Å². The first-order valence-corrected chi connectivity index (χ1v) is 10.8. The van der Waals surface area contributed by atoms with Crippen molar-refractivity contribution in [3.05, 3.63) is 29.3 Å². The third kappa shape index (κ3) is 9.84. The molecule has 0 fully saturated rings. The fourth-order valence-electron chi connectivity index (χ4n) is 3.51. The van der Waals surface area contributed by atoms with Crippen LogP contribution < -0.4 is 10.5 Å². The summed E-state index contributed by atoms with van der Waals surface area (Å²) in [6.45, 7) is 4.49. The zero-order valence-corrected chi connectivity index (χ0v) is 17.0. The molecule has 1 aromatic rings. The summed E-state index contributed by atoms with van der Waals surface area (Å²) in [7, 11) is 0. The lowest BCUT2D eigenvalue weighted by Crippen LogP contribution is -2.17. The molecule has 2 N–H and O–H groups in total. The fraction of sp³-hybridized carbons (Fsp3) is 0.696. The van der Waals surface area contributed by atoms with Crippen LogP contribution in [0.4, 0.5) is 4.79 Å². The monoisotopic (exact) mass is 361 g/mol. The number of hydrogen-bond acceptors (Lipinski definition) is 2. The molecule has 0 atom stereocenters. The van der Waals surface area contributed by atoms with Gasteiger partial charge in [0.05, 0.1) is 0 Å². The molecule has 3 heteroatoms. The van der Waals surface area contributed by atoms with E-state index in [0.717, 1.165) is 19.3 Å². The second kappa shape index (κ2) is 14.6. The van der Waals surface area contributed by atoms with Crippen LogP contribution >= 0.6 is 0 Å². The molecule has 0 spiro atoms. The van der Waals surface area contributed by atoms with Crippen molar-refractivity contribution in [2.24, 2.45) is 5.73 Å². The molecule has 1 amide bonds. The zero-order chi connectivity index (χ0) is 19.0. The quantitative estimate of drug-likeness (QED) is 0.344. The molecule has 0 aromatic heterocycles. The Hall–Kier alpha value is -1.51. The van der Waals surface area contributed by atoms with Crippen molar-refractivity contribution in [1.82, 2.24) is 0 Å². The third-order valence-corrected chi connectivity index (χ3v) is 5.02. The third-order valence-electron chi connectivity index (χ3n) is 5.02. The van der Waals surface area contributed by atoms with Gasteiger partial charge in [0.15, 0.2) is 0 Å². The highest BCUT2D eigenvalue weighted by Crippen LogP contribution is 2.27. The van der Waals surface area contributed by atoms with Crippen molar-refractivity contribution >= 4 is 6.09 Å². The molecular formula is C23H39NO2. The predicted octanol–water partition coefficient (Wildman–Crippen LogP) is 6.95. The summed E-state index contributed by atoms with van der Waals surface area (Å²) in [5.41, 5.74) is 7.78. The Morgan fingerprint density at radius 1 is 0.808 bits per heavy atom. The number of nitrogens with two attached hydrogens (primary N) is 1. The van der Waals surface area contributed by atoms with Crippen molar-refractivity contribution < 1.29 is 9.53 Å². The van der Waals surface area contributed by atoms with Crippen molar-refractivity contribution in [1.29, 1.82) is 0 Å². The highest BCUT2D eigenvalue weighted by atomic mass is 16.5. The van der Waals surface area contributed by atoms with Crippen molar-refractivity contribution in [3.63, 3.8) is 0 Å². The van der Waals surface area contributed by atoms with Crippen molar-refractivity contribution in [2.75, 3.05) is 0 Å². The SMILES string of the molecule is CCCCCCCCc1cccc(OC(N)=O)c1CCCCCCCC. The lowest BCUT2D eigenvalue weighted by molar-refractivity contribution is 0.210. The molecule has 0 bridgehead atoms. The van der Waals surface area contributed by atoms with E-state index in [1.807, 2.05) is 12.1 Å². The topological polar surface area (TPSA) is 52.3 Å². The Balaban J connectivity index is 2.58. The van der Waals surface area contributed by atoms with Gasteiger partial charge in [-0.3, -0.25) is 0 Å². The van der Waals surface area contributed by atoms with E-state index in [2.05, 4.69) is 19.9 Å². The minimum absolute atomic E-state index is 0.662. The van der Waals surface area contributed by atoms with Gasteiger partial charge < -0.3 is 10.5 Å². The lowest BCUT2D eigenvalue weighted by Gasteiger charge is -2.14. The molecule has 0 unspecified atom stereocenters. The Labute approximate surface area is 160 Å². The normalized spacial score (nSPS) is 10.8. The summed E-state index contributed by atoms with van der Waals surface area (Å²) in [4.78, 5) is 11.2. The largest absolute Gasteiger partial charge is 0.410 e. The number of amides is 1. The van der Waals surface area contributed by atoms with E-state index >= 15 is 0 Å². The van der Waals surface area contributed by atoms with Gasteiger partial charge in [0.25, 0.3) is 0 Å². The Bertz CT molecular complexity index is 499. The molecule has 0 aliphatic carbocycles. The second-order valence-electron chi connectivity index (χ2n) is 7.35. The van der Waals surface area contributed by atoms with Crippen LogP contribution in [-0.2, 0) is 12.8 Å². The van der Waals surface area contributed by atoms with E-state index in [0.29, 0.717) is 5.75 Å². The summed E-state index contributed by atoms with van der Waals surface area (Å²) >= 11 is 0. The minimum atomic E-state index is -0.717. The van der Waals surface area contributed by atoms with Gasteiger partial charge in [-0.1, -0.05) is 90.2 Å². The van der Waals surface area contributed by atoms with Crippen molar-refractivity contribution in [3.8, 4) is 5.75 Å². The molecule has 148 valence electrons. The van der Waals surface area contributed by atoms with E-state index in [-0.39, 0.29) is 0 Å². The zero-order valence-electron chi connectivity index (χ0n) is 17.0. The second-order valence-corrected chi connectivity index (χ2v) is 7.35. The van der Waals surface area contributed by atoms with Gasteiger partial charge in [-0.25, -0.2) is 4.79 Å². The van der Waals surface area contributed by atoms with E-state index in [1.54, 1.807) is 0 Å². The van der Waals surface area contributed by atoms with Gasteiger partial charge in [-0.2, -0.15) is 0 Å². The number of rotatable bonds is 15. The molecule has 0 saturated carbocycles. The Kier molecular flexibility index (Phi) is 12.7. The maximum absolute atomic E-state index is 11.2. The van der Waals surface area contributed by atoms with E-state index < -0.39 is 6.09 Å². The van der Waals surface area contributed by atoms with Gasteiger partial charge in [0.1, 0.15) is 5.75 Å². The van der Waals surface area contributed by atoms with Crippen molar-refractivity contribution in [2.45, 2.75) is 104 Å². The minimum Gasteiger partial charge on any atom is -0.410 e. The number of hydrogen-bond donors (Lipinski definition) is 1. The maximum atomic E-state index is 11.2. The summed E-state index contributed by atoms with van der Waals surface area (Å²) < 4.78 is 5.28. The number of ether oxygens (including phenoxy) is 1. The number of unbranched alkanes of at least 4 members (excludes halogenated alkanes) is 10. The standard InChI is InChI=1S/C23H39NO2/c1-3-5-7-9-11-13-16-20-17-15-19-22(26-23(24)25)21(20)18-14-12-10-8-6-4-2/h15,17,19H,3-14,16,18H2,1-2H3,(H2,24,25). The van der Waals surface area contributed by atoms with E-state index in [9.17, 15) is 4.79 Å². The summed E-state index contributed by atoms with van der Waals surface area (Å²) in [6, 6.07) is 6.05. The van der Waals surface area contributed by atoms with E-state index in [4.69, 9.17) is 10.5 Å². The molecule has 1 rings (SSSR count). The number of carbonyl (C=O) groups is 1. The first kappa shape index (κ1) is 22.5. The fourth-order valence-corrected chi connectivity index (χ4v) is 3.51. The molecule has 0 aliphatic rings. The molecule has 0 radical (unpaired) electrons. The number of primary amides is 1.